The third kappa shape index (κ3) is 4.48. The van der Waals surface area contributed by atoms with Crippen molar-refractivity contribution in [2.24, 2.45) is 28.6 Å². The van der Waals surface area contributed by atoms with E-state index in [1.165, 1.54) is 43.7 Å². The number of rotatable bonds is 2. The van der Waals surface area contributed by atoms with E-state index in [0.29, 0.717) is 0 Å². The smallest absolute Gasteiger partial charge is 0.302 e. The molecule has 1 heterocycles. The summed E-state index contributed by atoms with van der Waals surface area (Å²) in [7, 11) is 0. The van der Waals surface area contributed by atoms with Gasteiger partial charge < -0.3 is 4.74 Å². The molecule has 1 aromatic heterocycles. The Labute approximate surface area is 204 Å². The minimum atomic E-state index is -0.138. The molecule has 33 heavy (non-hydrogen) atoms. The highest BCUT2D eigenvalue weighted by atomic mass is 16.5. The molecule has 0 aromatic carbocycles. The Bertz CT molecular complexity index is 899. The zero-order valence-electron chi connectivity index (χ0n) is 21.4. The first-order chi connectivity index (χ1) is 15.9. The molecule has 0 bridgehead atoms. The maximum absolute atomic E-state index is 11.4. The minimum Gasteiger partial charge on any atom is -0.462 e. The van der Waals surface area contributed by atoms with Crippen molar-refractivity contribution in [3.63, 3.8) is 0 Å². The second-order valence-electron chi connectivity index (χ2n) is 10.3. The summed E-state index contributed by atoms with van der Waals surface area (Å²) in [4.78, 5) is 15.8. The van der Waals surface area contributed by atoms with Gasteiger partial charge in [-0.05, 0) is 84.3 Å². The van der Waals surface area contributed by atoms with Crippen LogP contribution in [0.2, 0.25) is 0 Å². The van der Waals surface area contributed by atoms with E-state index in [0.717, 1.165) is 37.0 Å². The highest BCUT2D eigenvalue weighted by molar-refractivity contribution is 5.72. The molecular formula is C30H47NO2. The topological polar surface area (TPSA) is 39.2 Å². The predicted molar refractivity (Wildman–Crippen MR) is 142 cm³/mol. The molecule has 1 aromatic rings. The van der Waals surface area contributed by atoms with Crippen LogP contribution in [0, 0.1) is 28.6 Å². The summed E-state index contributed by atoms with van der Waals surface area (Å²) in [6, 6.07) is 4.30. The monoisotopic (exact) mass is 453 g/mol. The highest BCUT2D eigenvalue weighted by Crippen LogP contribution is 2.66. The lowest BCUT2D eigenvalue weighted by atomic mass is 9.47. The van der Waals surface area contributed by atoms with Crippen molar-refractivity contribution in [1.29, 1.82) is 0 Å². The van der Waals surface area contributed by atoms with Gasteiger partial charge in [-0.1, -0.05) is 51.5 Å². The van der Waals surface area contributed by atoms with Gasteiger partial charge in [0.15, 0.2) is 0 Å². The van der Waals surface area contributed by atoms with Crippen molar-refractivity contribution in [1.82, 2.24) is 4.98 Å². The van der Waals surface area contributed by atoms with Gasteiger partial charge in [0.1, 0.15) is 6.10 Å². The van der Waals surface area contributed by atoms with Crippen LogP contribution >= 0.6 is 0 Å². The maximum Gasteiger partial charge on any atom is 0.302 e. The largest absolute Gasteiger partial charge is 0.462 e. The molecule has 0 amide bonds. The average molecular weight is 454 g/mol. The van der Waals surface area contributed by atoms with Gasteiger partial charge in [0.2, 0.25) is 0 Å². The molecule has 3 heteroatoms. The lowest BCUT2D eigenvalue weighted by molar-refractivity contribution is -0.148. The van der Waals surface area contributed by atoms with Crippen LogP contribution in [-0.2, 0) is 9.53 Å². The van der Waals surface area contributed by atoms with E-state index >= 15 is 0 Å². The summed E-state index contributed by atoms with van der Waals surface area (Å²) in [6.45, 7) is 16.6. The Hall–Kier alpha value is -2.16. The van der Waals surface area contributed by atoms with Crippen molar-refractivity contribution in [3.8, 4) is 0 Å². The molecule has 0 radical (unpaired) electrons. The van der Waals surface area contributed by atoms with E-state index < -0.39 is 0 Å². The molecule has 2 fully saturated rings. The highest BCUT2D eigenvalue weighted by Gasteiger charge is 2.56. The standard InChI is InChI=1S/C26H33NO2.C2H6.C2H4.2H2/c1-17(28)29-20-10-12-25(2)19(15-20)6-7-21-23-9-8-22(18-5-4-14-27-16-18)26(23,3)13-11-24(21)25;2*1-2;;/h4-6,8,14,16,20-21,23-24H,7,9-13,15H2,1-3H3;1-2H3;1-2H2;2*1H/t20-,21-,23?,24?,25-,26+;;;;/m0..../s1. The van der Waals surface area contributed by atoms with Gasteiger partial charge in [-0.25, -0.2) is 0 Å². The van der Waals surface area contributed by atoms with E-state index in [-0.39, 0.29) is 25.8 Å². The van der Waals surface area contributed by atoms with Gasteiger partial charge in [0, 0.05) is 28.6 Å². The van der Waals surface area contributed by atoms with Crippen LogP contribution in [0.25, 0.3) is 5.57 Å². The molecule has 4 aliphatic carbocycles. The van der Waals surface area contributed by atoms with E-state index in [2.05, 4.69) is 56.3 Å². The second-order valence-corrected chi connectivity index (χ2v) is 10.3. The second kappa shape index (κ2) is 10.4. The number of nitrogens with zero attached hydrogens (tertiary/aromatic N) is 1. The van der Waals surface area contributed by atoms with Crippen LogP contribution in [0.1, 0.15) is 88.0 Å². The van der Waals surface area contributed by atoms with E-state index in [4.69, 9.17) is 4.74 Å². The van der Waals surface area contributed by atoms with Crippen LogP contribution < -0.4 is 0 Å². The Morgan fingerprint density at radius 3 is 2.48 bits per heavy atom. The predicted octanol–water partition coefficient (Wildman–Crippen LogP) is 8.29. The number of fused-ring (bicyclic) bond motifs is 5. The Balaban J connectivity index is 0.000000973. The molecule has 0 saturated heterocycles. The number of carbonyl (C=O) groups excluding carboxylic acids is 1. The summed E-state index contributed by atoms with van der Waals surface area (Å²) in [5, 5.41) is 0. The van der Waals surface area contributed by atoms with Gasteiger partial charge in [-0.3, -0.25) is 9.78 Å². The van der Waals surface area contributed by atoms with Gasteiger partial charge >= 0.3 is 5.97 Å². The number of hydrogen-bond donors (Lipinski definition) is 0. The third-order valence-electron chi connectivity index (χ3n) is 8.94. The van der Waals surface area contributed by atoms with Crippen LogP contribution in [0.5, 0.6) is 0 Å². The summed E-state index contributed by atoms with van der Waals surface area (Å²) >= 11 is 0. The number of allylic oxidation sites excluding steroid dienone is 3. The normalized spacial score (nSPS) is 36.2. The van der Waals surface area contributed by atoms with Crippen molar-refractivity contribution in [2.45, 2.75) is 85.7 Å². The third-order valence-corrected chi connectivity index (χ3v) is 8.94. The first kappa shape index (κ1) is 25.5. The minimum absolute atomic E-state index is 0. The summed E-state index contributed by atoms with van der Waals surface area (Å²) < 4.78 is 5.58. The van der Waals surface area contributed by atoms with Crippen molar-refractivity contribution < 1.29 is 12.4 Å². The van der Waals surface area contributed by atoms with Crippen molar-refractivity contribution in [2.75, 3.05) is 0 Å². The lowest BCUT2D eigenvalue weighted by Crippen LogP contribution is -2.50. The van der Waals surface area contributed by atoms with Crippen LogP contribution in [-0.4, -0.2) is 17.1 Å². The molecule has 4 aliphatic rings. The van der Waals surface area contributed by atoms with Crippen LogP contribution in [0.3, 0.4) is 0 Å². The first-order valence-electron chi connectivity index (χ1n) is 12.9. The molecule has 0 spiro atoms. The molecule has 6 atom stereocenters. The van der Waals surface area contributed by atoms with Gasteiger partial charge in [0.05, 0.1) is 0 Å². The first-order valence-corrected chi connectivity index (χ1v) is 12.9. The molecule has 0 aliphatic heterocycles. The number of ether oxygens (including phenoxy) is 1. The SMILES string of the molecule is C=C.CC.CC(=O)O[C@H]1CC[C@@]2(C)C(=CC[C@@H]3C2CC[C@]2(C)C(c4cccnc4)=CCC32)C1.[HH].[HH]. The summed E-state index contributed by atoms with van der Waals surface area (Å²) in [6.07, 6.45) is 17.1. The molecule has 5 rings (SSSR count). The number of hydrogen-bond acceptors (Lipinski definition) is 3. The van der Waals surface area contributed by atoms with E-state index in [9.17, 15) is 4.79 Å². The van der Waals surface area contributed by atoms with Gasteiger partial charge in [-0.15, -0.1) is 13.2 Å². The van der Waals surface area contributed by atoms with Crippen molar-refractivity contribution >= 4 is 11.5 Å². The number of pyridine rings is 1. The number of carbonyl (C=O) groups is 1. The fraction of sp³-hybridized carbons (Fsp3) is 0.600. The number of esters is 1. The summed E-state index contributed by atoms with van der Waals surface area (Å²) in [5.74, 6) is 2.12. The molecule has 3 nitrogen and oxygen atoms in total. The molecule has 0 N–H and O–H groups in total. The molecule has 184 valence electrons. The Kier molecular flexibility index (Phi) is 8.03. The quantitative estimate of drug-likeness (QED) is 0.334. The Morgan fingerprint density at radius 2 is 1.82 bits per heavy atom. The number of aromatic nitrogens is 1. The van der Waals surface area contributed by atoms with E-state index in [1.54, 1.807) is 5.57 Å². The average Bonchev–Trinajstić information content (AvgIpc) is 3.19. The van der Waals surface area contributed by atoms with Gasteiger partial charge in [0.25, 0.3) is 0 Å². The van der Waals surface area contributed by atoms with Crippen molar-refractivity contribution in [3.05, 3.63) is 61.0 Å². The fourth-order valence-electron chi connectivity index (χ4n) is 7.50. The van der Waals surface area contributed by atoms with Crippen LogP contribution in [0.4, 0.5) is 0 Å². The van der Waals surface area contributed by atoms with Gasteiger partial charge in [-0.2, -0.15) is 0 Å². The Morgan fingerprint density at radius 1 is 1.09 bits per heavy atom. The molecule has 2 unspecified atom stereocenters. The van der Waals surface area contributed by atoms with E-state index in [1.807, 2.05) is 26.2 Å². The van der Waals surface area contributed by atoms with Crippen LogP contribution in [0.15, 0.2) is 55.4 Å². The zero-order valence-corrected chi connectivity index (χ0v) is 21.4. The maximum atomic E-state index is 11.4. The fourth-order valence-corrected chi connectivity index (χ4v) is 7.50. The molecular weight excluding hydrogens is 406 g/mol. The zero-order chi connectivity index (χ0) is 24.2. The summed E-state index contributed by atoms with van der Waals surface area (Å²) in [5.41, 5.74) is 4.99. The molecule has 2 saturated carbocycles. The lowest BCUT2D eigenvalue weighted by Gasteiger charge is -2.57.